The molecule has 1 aliphatic carbocycles. The lowest BCUT2D eigenvalue weighted by atomic mass is 10.2. The Balaban J connectivity index is 1.48. The number of hydrogen-bond donors (Lipinski definition) is 3. The van der Waals surface area contributed by atoms with Gasteiger partial charge in [-0.15, -0.1) is 0 Å². The first kappa shape index (κ1) is 19.7. The second kappa shape index (κ2) is 8.75. The number of rotatable bonds is 6. The number of hydrazine groups is 1. The maximum Gasteiger partial charge on any atom is 0.279 e. The quantitative estimate of drug-likeness (QED) is 0.648. The Morgan fingerprint density at radius 3 is 2.36 bits per heavy atom. The zero-order valence-electron chi connectivity index (χ0n) is 15.2. The minimum Gasteiger partial charge on any atom is -0.479 e. The Kier molecular flexibility index (Phi) is 6.16. The molecule has 146 valence electrons. The van der Waals surface area contributed by atoms with E-state index in [1.165, 1.54) is 0 Å². The number of carbonyl (C=O) groups excluding carboxylic acids is 3. The van der Waals surface area contributed by atoms with Crippen LogP contribution in [0.1, 0.15) is 30.1 Å². The first-order valence-corrected chi connectivity index (χ1v) is 9.24. The topological polar surface area (TPSA) is 96.5 Å². The van der Waals surface area contributed by atoms with Crippen molar-refractivity contribution < 1.29 is 19.1 Å². The summed E-state index contributed by atoms with van der Waals surface area (Å²) in [4.78, 5) is 36.0. The molecule has 3 N–H and O–H groups in total. The molecule has 0 radical (unpaired) electrons. The second-order valence-corrected chi connectivity index (χ2v) is 6.88. The van der Waals surface area contributed by atoms with Crippen LogP contribution in [0.2, 0.25) is 5.02 Å². The van der Waals surface area contributed by atoms with E-state index < -0.39 is 17.9 Å². The van der Waals surface area contributed by atoms with Gasteiger partial charge in [-0.3, -0.25) is 25.2 Å². The van der Waals surface area contributed by atoms with Crippen LogP contribution in [0.15, 0.2) is 48.5 Å². The van der Waals surface area contributed by atoms with Crippen molar-refractivity contribution in [3.05, 3.63) is 59.1 Å². The molecule has 0 aromatic heterocycles. The van der Waals surface area contributed by atoms with Crippen molar-refractivity contribution >= 4 is 35.0 Å². The fourth-order valence-corrected chi connectivity index (χ4v) is 2.55. The van der Waals surface area contributed by atoms with Crippen molar-refractivity contribution in [2.75, 3.05) is 5.32 Å². The fourth-order valence-electron chi connectivity index (χ4n) is 2.37. The molecule has 0 bridgehead atoms. The number of carbonyl (C=O) groups is 3. The summed E-state index contributed by atoms with van der Waals surface area (Å²) in [6.45, 7) is 1.54. The van der Waals surface area contributed by atoms with E-state index in [0.29, 0.717) is 22.0 Å². The molecule has 0 saturated heterocycles. The number of ether oxygens (including phenoxy) is 1. The van der Waals surface area contributed by atoms with Crippen LogP contribution in [-0.4, -0.2) is 23.8 Å². The van der Waals surface area contributed by atoms with Crippen molar-refractivity contribution in [1.82, 2.24) is 10.9 Å². The molecule has 0 aliphatic heterocycles. The van der Waals surface area contributed by atoms with Crippen LogP contribution in [0.3, 0.4) is 0 Å². The molecular weight excluding hydrogens is 382 g/mol. The first-order chi connectivity index (χ1) is 13.4. The van der Waals surface area contributed by atoms with E-state index in [1.807, 2.05) is 0 Å². The number of hydrogen-bond acceptors (Lipinski definition) is 4. The number of amides is 3. The van der Waals surface area contributed by atoms with Crippen LogP contribution in [-0.2, 0) is 9.59 Å². The highest BCUT2D eigenvalue weighted by Gasteiger charge is 2.29. The maximum absolute atomic E-state index is 12.2. The summed E-state index contributed by atoms with van der Waals surface area (Å²) in [7, 11) is 0. The average molecular weight is 402 g/mol. The third kappa shape index (κ3) is 5.23. The predicted octanol–water partition coefficient (Wildman–Crippen LogP) is 2.92. The zero-order valence-corrected chi connectivity index (χ0v) is 16.0. The van der Waals surface area contributed by atoms with Gasteiger partial charge in [0.2, 0.25) is 5.91 Å². The van der Waals surface area contributed by atoms with Gasteiger partial charge in [-0.05, 0) is 56.2 Å². The Hall–Kier alpha value is -3.06. The molecule has 1 atom stereocenters. The molecule has 7 nitrogen and oxygen atoms in total. The third-order valence-corrected chi connectivity index (χ3v) is 4.48. The number of anilines is 1. The lowest BCUT2D eigenvalue weighted by Gasteiger charge is -2.16. The normalized spacial score (nSPS) is 13.9. The van der Waals surface area contributed by atoms with E-state index in [-0.39, 0.29) is 11.8 Å². The summed E-state index contributed by atoms with van der Waals surface area (Å²) >= 11 is 5.99. The van der Waals surface area contributed by atoms with Gasteiger partial charge in [0, 0.05) is 17.2 Å². The van der Waals surface area contributed by atoms with Gasteiger partial charge < -0.3 is 10.1 Å². The minimum absolute atomic E-state index is 0.00280. The Morgan fingerprint density at radius 1 is 1.04 bits per heavy atom. The lowest BCUT2D eigenvalue weighted by molar-refractivity contribution is -0.128. The second-order valence-electron chi connectivity index (χ2n) is 6.47. The molecule has 1 saturated carbocycles. The Labute approximate surface area is 167 Å². The fraction of sp³-hybridized carbons (Fsp3) is 0.250. The van der Waals surface area contributed by atoms with Crippen LogP contribution < -0.4 is 20.9 Å². The van der Waals surface area contributed by atoms with E-state index in [9.17, 15) is 14.4 Å². The van der Waals surface area contributed by atoms with E-state index in [4.69, 9.17) is 16.3 Å². The molecular formula is C20H20ClN3O4. The molecule has 1 unspecified atom stereocenters. The van der Waals surface area contributed by atoms with Gasteiger partial charge in [0.1, 0.15) is 5.75 Å². The third-order valence-electron chi connectivity index (χ3n) is 4.17. The van der Waals surface area contributed by atoms with Crippen molar-refractivity contribution in [2.24, 2.45) is 5.92 Å². The van der Waals surface area contributed by atoms with E-state index >= 15 is 0 Å². The standard InChI is InChI=1S/C20H20ClN3O4/c1-12(28-17-5-3-2-4-16(17)21)18(25)23-24-20(27)14-8-10-15(11-9-14)22-19(26)13-6-7-13/h2-5,8-13H,6-7H2,1H3,(H,22,26)(H,23,25)(H,24,27). The van der Waals surface area contributed by atoms with E-state index in [1.54, 1.807) is 55.5 Å². The molecule has 2 aromatic rings. The van der Waals surface area contributed by atoms with Gasteiger partial charge in [0.15, 0.2) is 6.10 Å². The van der Waals surface area contributed by atoms with Crippen molar-refractivity contribution in [1.29, 1.82) is 0 Å². The summed E-state index contributed by atoms with van der Waals surface area (Å²) < 4.78 is 5.49. The number of para-hydroxylation sites is 1. The summed E-state index contributed by atoms with van der Waals surface area (Å²) in [6, 6.07) is 13.2. The van der Waals surface area contributed by atoms with Gasteiger partial charge >= 0.3 is 0 Å². The average Bonchev–Trinajstić information content (AvgIpc) is 3.53. The molecule has 1 aliphatic rings. The van der Waals surface area contributed by atoms with Crippen LogP contribution in [0.5, 0.6) is 5.75 Å². The predicted molar refractivity (Wildman–Crippen MR) is 105 cm³/mol. The van der Waals surface area contributed by atoms with Gasteiger partial charge in [0.05, 0.1) is 5.02 Å². The highest BCUT2D eigenvalue weighted by atomic mass is 35.5. The van der Waals surface area contributed by atoms with Crippen LogP contribution >= 0.6 is 11.6 Å². The number of nitrogens with one attached hydrogen (secondary N) is 3. The minimum atomic E-state index is -0.861. The van der Waals surface area contributed by atoms with Crippen molar-refractivity contribution in [2.45, 2.75) is 25.9 Å². The Bertz CT molecular complexity index is 881. The molecule has 3 amide bonds. The summed E-state index contributed by atoms with van der Waals surface area (Å²) in [5, 5.41) is 3.18. The largest absolute Gasteiger partial charge is 0.479 e. The SMILES string of the molecule is CC(Oc1ccccc1Cl)C(=O)NNC(=O)c1ccc(NC(=O)C2CC2)cc1. The lowest BCUT2D eigenvalue weighted by Crippen LogP contribution is -2.47. The van der Waals surface area contributed by atoms with Gasteiger partial charge in [-0.2, -0.15) is 0 Å². The molecule has 0 spiro atoms. The van der Waals surface area contributed by atoms with Crippen LogP contribution in [0.4, 0.5) is 5.69 Å². The summed E-state index contributed by atoms with van der Waals surface area (Å²) in [5.74, 6) is -0.535. The zero-order chi connectivity index (χ0) is 20.1. The highest BCUT2D eigenvalue weighted by Crippen LogP contribution is 2.30. The van der Waals surface area contributed by atoms with Crippen LogP contribution in [0.25, 0.3) is 0 Å². The van der Waals surface area contributed by atoms with E-state index in [0.717, 1.165) is 12.8 Å². The maximum atomic E-state index is 12.2. The van der Waals surface area contributed by atoms with Crippen molar-refractivity contribution in [3.8, 4) is 5.75 Å². The van der Waals surface area contributed by atoms with Gasteiger partial charge in [0.25, 0.3) is 11.8 Å². The molecule has 1 fully saturated rings. The first-order valence-electron chi connectivity index (χ1n) is 8.86. The monoisotopic (exact) mass is 401 g/mol. The molecule has 2 aromatic carbocycles. The van der Waals surface area contributed by atoms with E-state index in [2.05, 4.69) is 16.2 Å². The molecule has 0 heterocycles. The molecule has 28 heavy (non-hydrogen) atoms. The van der Waals surface area contributed by atoms with Gasteiger partial charge in [-0.1, -0.05) is 23.7 Å². The smallest absolute Gasteiger partial charge is 0.279 e. The summed E-state index contributed by atoms with van der Waals surface area (Å²) in [5.41, 5.74) is 5.61. The Morgan fingerprint density at radius 2 is 1.71 bits per heavy atom. The molecule has 8 heteroatoms. The van der Waals surface area contributed by atoms with Gasteiger partial charge in [-0.25, -0.2) is 0 Å². The highest BCUT2D eigenvalue weighted by molar-refractivity contribution is 6.32. The summed E-state index contributed by atoms with van der Waals surface area (Å²) in [6.07, 6.45) is 0.982. The van der Waals surface area contributed by atoms with Crippen LogP contribution in [0, 0.1) is 5.92 Å². The van der Waals surface area contributed by atoms with Crippen molar-refractivity contribution in [3.63, 3.8) is 0 Å². The number of benzene rings is 2. The molecule has 3 rings (SSSR count). The number of halogens is 1.